The maximum absolute atomic E-state index is 12.9. The molecule has 2 atom stereocenters. The molecule has 1 aromatic rings. The van der Waals surface area contributed by atoms with E-state index < -0.39 is 43.0 Å². The highest BCUT2D eigenvalue weighted by molar-refractivity contribution is 5.96. The SMILES string of the molecule is Cc1noc(C)c1C(=O)N1C[C@@H](C(F)(F)F)[C@H](C(=O)O)C1. The second-order valence-corrected chi connectivity index (χ2v) is 5.00. The molecule has 0 bridgehead atoms. The summed E-state index contributed by atoms with van der Waals surface area (Å²) in [7, 11) is 0. The fraction of sp³-hybridized carbons (Fsp3) is 0.583. The molecule has 2 heterocycles. The predicted molar refractivity (Wildman–Crippen MR) is 62.6 cm³/mol. The largest absolute Gasteiger partial charge is 0.481 e. The topological polar surface area (TPSA) is 83.6 Å². The van der Waals surface area contributed by atoms with E-state index in [1.807, 2.05) is 0 Å². The third-order valence-corrected chi connectivity index (χ3v) is 3.59. The van der Waals surface area contributed by atoms with Crippen LogP contribution in [0, 0.1) is 25.7 Å². The molecule has 21 heavy (non-hydrogen) atoms. The zero-order valence-electron chi connectivity index (χ0n) is 11.3. The van der Waals surface area contributed by atoms with Crippen molar-refractivity contribution in [3.05, 3.63) is 17.0 Å². The second-order valence-electron chi connectivity index (χ2n) is 5.00. The first-order chi connectivity index (χ1) is 9.62. The van der Waals surface area contributed by atoms with Gasteiger partial charge in [-0.2, -0.15) is 13.2 Å². The van der Waals surface area contributed by atoms with Crippen molar-refractivity contribution >= 4 is 11.9 Å². The number of nitrogens with zero attached hydrogens (tertiary/aromatic N) is 2. The molecule has 9 heteroatoms. The van der Waals surface area contributed by atoms with Gasteiger partial charge in [-0.05, 0) is 13.8 Å². The van der Waals surface area contributed by atoms with Crippen molar-refractivity contribution in [3.63, 3.8) is 0 Å². The van der Waals surface area contributed by atoms with Crippen LogP contribution in [0.1, 0.15) is 21.8 Å². The molecule has 2 rings (SSSR count). The normalized spacial score (nSPS) is 22.6. The van der Waals surface area contributed by atoms with E-state index in [0.717, 1.165) is 4.90 Å². The Morgan fingerprint density at radius 1 is 1.33 bits per heavy atom. The first kappa shape index (κ1) is 15.3. The van der Waals surface area contributed by atoms with Gasteiger partial charge in [0.1, 0.15) is 11.3 Å². The molecule has 0 unspecified atom stereocenters. The van der Waals surface area contributed by atoms with Crippen molar-refractivity contribution in [1.82, 2.24) is 10.1 Å². The van der Waals surface area contributed by atoms with Crippen molar-refractivity contribution in [3.8, 4) is 0 Å². The van der Waals surface area contributed by atoms with Crippen LogP contribution >= 0.6 is 0 Å². The Kier molecular flexibility index (Phi) is 3.68. The number of aryl methyl sites for hydroxylation is 2. The van der Waals surface area contributed by atoms with Crippen molar-refractivity contribution < 1.29 is 32.4 Å². The molecule has 1 N–H and O–H groups in total. The molecule has 0 aromatic carbocycles. The van der Waals surface area contributed by atoms with Crippen molar-refractivity contribution in [2.75, 3.05) is 13.1 Å². The number of hydrogen-bond acceptors (Lipinski definition) is 4. The summed E-state index contributed by atoms with van der Waals surface area (Å²) in [5.74, 6) is -5.79. The van der Waals surface area contributed by atoms with Gasteiger partial charge in [0, 0.05) is 13.1 Å². The first-order valence-corrected chi connectivity index (χ1v) is 6.14. The first-order valence-electron chi connectivity index (χ1n) is 6.14. The van der Waals surface area contributed by atoms with Gasteiger partial charge in [-0.15, -0.1) is 0 Å². The molecule has 1 fully saturated rings. The van der Waals surface area contributed by atoms with E-state index in [9.17, 15) is 22.8 Å². The Labute approximate surface area is 117 Å². The van der Waals surface area contributed by atoms with Gasteiger partial charge in [0.25, 0.3) is 5.91 Å². The molecule has 116 valence electrons. The van der Waals surface area contributed by atoms with Crippen molar-refractivity contribution in [2.24, 2.45) is 11.8 Å². The van der Waals surface area contributed by atoms with Gasteiger partial charge in [-0.3, -0.25) is 9.59 Å². The Morgan fingerprint density at radius 2 is 1.95 bits per heavy atom. The maximum Gasteiger partial charge on any atom is 0.394 e. The zero-order valence-corrected chi connectivity index (χ0v) is 11.3. The highest BCUT2D eigenvalue weighted by Gasteiger charge is 2.53. The fourth-order valence-electron chi connectivity index (χ4n) is 2.50. The molecule has 1 aliphatic rings. The van der Waals surface area contributed by atoms with Crippen LogP contribution in [0.5, 0.6) is 0 Å². The Hall–Kier alpha value is -2.06. The minimum Gasteiger partial charge on any atom is -0.481 e. The highest BCUT2D eigenvalue weighted by atomic mass is 19.4. The molecular formula is C12H13F3N2O4. The van der Waals surface area contributed by atoms with E-state index in [1.165, 1.54) is 13.8 Å². The van der Waals surface area contributed by atoms with Crippen LogP contribution in [0.2, 0.25) is 0 Å². The smallest absolute Gasteiger partial charge is 0.394 e. The van der Waals surface area contributed by atoms with Crippen molar-refractivity contribution in [2.45, 2.75) is 20.0 Å². The van der Waals surface area contributed by atoms with Crippen LogP contribution in [-0.2, 0) is 4.79 Å². The van der Waals surface area contributed by atoms with E-state index in [0.29, 0.717) is 0 Å². The van der Waals surface area contributed by atoms with Crippen LogP contribution < -0.4 is 0 Å². The summed E-state index contributed by atoms with van der Waals surface area (Å²) in [6.45, 7) is 1.81. The average molecular weight is 306 g/mol. The Morgan fingerprint density at radius 3 is 2.33 bits per heavy atom. The number of aliphatic carboxylic acids is 1. The summed E-state index contributed by atoms with van der Waals surface area (Å²) in [4.78, 5) is 24.1. The Bertz CT molecular complexity index is 562. The number of aromatic nitrogens is 1. The number of carboxylic acid groups (broad SMARTS) is 1. The molecule has 6 nitrogen and oxygen atoms in total. The lowest BCUT2D eigenvalue weighted by Gasteiger charge is -2.18. The minimum absolute atomic E-state index is 0.0852. The molecule has 1 saturated heterocycles. The summed E-state index contributed by atoms with van der Waals surface area (Å²) >= 11 is 0. The standard InChI is InChI=1S/C12H13F3N2O4/c1-5-9(6(2)21-16-5)10(18)17-3-7(11(19)20)8(4-17)12(13,14)15/h7-8H,3-4H2,1-2H3,(H,19,20)/t7-,8-/m1/s1. The molecule has 1 aliphatic heterocycles. The van der Waals surface area contributed by atoms with Gasteiger partial charge in [0.05, 0.1) is 17.5 Å². The highest BCUT2D eigenvalue weighted by Crippen LogP contribution is 2.38. The van der Waals surface area contributed by atoms with Gasteiger partial charge in [-0.1, -0.05) is 5.16 Å². The number of carbonyl (C=O) groups is 2. The summed E-state index contributed by atoms with van der Waals surface area (Å²) < 4.78 is 43.4. The van der Waals surface area contributed by atoms with Crippen LogP contribution in [-0.4, -0.2) is 46.3 Å². The number of alkyl halides is 3. The summed E-state index contributed by atoms with van der Waals surface area (Å²) in [6, 6.07) is 0. The quantitative estimate of drug-likeness (QED) is 0.897. The van der Waals surface area contributed by atoms with E-state index in [-0.39, 0.29) is 17.0 Å². The van der Waals surface area contributed by atoms with Crippen LogP contribution in [0.25, 0.3) is 0 Å². The zero-order chi connectivity index (χ0) is 15.9. The number of carboxylic acids is 1. The van der Waals surface area contributed by atoms with E-state index in [4.69, 9.17) is 9.63 Å². The number of rotatable bonds is 2. The number of carbonyl (C=O) groups excluding carboxylic acids is 1. The molecule has 1 aromatic heterocycles. The average Bonchev–Trinajstić information content (AvgIpc) is 2.92. The number of hydrogen-bond donors (Lipinski definition) is 1. The van der Waals surface area contributed by atoms with E-state index in [1.54, 1.807) is 0 Å². The van der Waals surface area contributed by atoms with Gasteiger partial charge in [-0.25, -0.2) is 0 Å². The van der Waals surface area contributed by atoms with Crippen LogP contribution in [0.15, 0.2) is 4.52 Å². The fourth-order valence-corrected chi connectivity index (χ4v) is 2.50. The lowest BCUT2D eigenvalue weighted by molar-refractivity contribution is -0.187. The number of amides is 1. The molecule has 0 radical (unpaired) electrons. The van der Waals surface area contributed by atoms with Gasteiger partial charge < -0.3 is 14.5 Å². The summed E-state index contributed by atoms with van der Waals surface area (Å²) in [5.41, 5.74) is 0.349. The molecule has 0 aliphatic carbocycles. The third kappa shape index (κ3) is 2.72. The minimum atomic E-state index is -4.67. The van der Waals surface area contributed by atoms with Crippen molar-refractivity contribution in [1.29, 1.82) is 0 Å². The van der Waals surface area contributed by atoms with Gasteiger partial charge in [0.2, 0.25) is 0 Å². The van der Waals surface area contributed by atoms with E-state index >= 15 is 0 Å². The van der Waals surface area contributed by atoms with Crippen LogP contribution in [0.4, 0.5) is 13.2 Å². The Balaban J connectivity index is 2.27. The lowest BCUT2D eigenvalue weighted by atomic mass is 9.96. The van der Waals surface area contributed by atoms with Crippen LogP contribution in [0.3, 0.4) is 0 Å². The second kappa shape index (κ2) is 5.05. The number of halogens is 3. The third-order valence-electron chi connectivity index (χ3n) is 3.59. The lowest BCUT2D eigenvalue weighted by Crippen LogP contribution is -2.34. The predicted octanol–water partition coefficient (Wildman–Crippen LogP) is 1.63. The monoisotopic (exact) mass is 306 g/mol. The molecule has 0 spiro atoms. The number of likely N-dealkylation sites (tertiary alicyclic amines) is 1. The van der Waals surface area contributed by atoms with E-state index in [2.05, 4.69) is 5.16 Å². The summed E-state index contributed by atoms with van der Waals surface area (Å²) in [5, 5.41) is 12.5. The summed E-state index contributed by atoms with van der Waals surface area (Å²) in [6.07, 6.45) is -4.67. The molecule has 1 amide bonds. The van der Waals surface area contributed by atoms with Gasteiger partial charge >= 0.3 is 12.1 Å². The molecular weight excluding hydrogens is 293 g/mol. The maximum atomic E-state index is 12.9. The van der Waals surface area contributed by atoms with Gasteiger partial charge in [0.15, 0.2) is 0 Å². The molecule has 0 saturated carbocycles.